The summed E-state index contributed by atoms with van der Waals surface area (Å²) in [5.74, 6) is -1.67. The van der Waals surface area contributed by atoms with Crippen LogP contribution >= 0.6 is 0 Å². The Morgan fingerprint density at radius 2 is 1.67 bits per heavy atom. The quantitative estimate of drug-likeness (QED) is 0.139. The summed E-state index contributed by atoms with van der Waals surface area (Å²) in [5.41, 5.74) is -1.10. The normalized spacial score (nSPS) is 11.9. The van der Waals surface area contributed by atoms with Gasteiger partial charge in [-0.15, -0.1) is 0 Å². The van der Waals surface area contributed by atoms with E-state index in [4.69, 9.17) is 24.1 Å². The third kappa shape index (κ3) is 8.43. The van der Waals surface area contributed by atoms with Crippen molar-refractivity contribution in [2.45, 2.75) is 27.2 Å². The second kappa shape index (κ2) is 11.7. The number of hydrogen-bond donors (Lipinski definition) is 1. The molecule has 0 aliphatic heterocycles. The highest BCUT2D eigenvalue weighted by atomic mass is 16.7. The molecule has 0 radical (unpaired) electrons. The van der Waals surface area contributed by atoms with E-state index in [1.165, 1.54) is 24.3 Å². The van der Waals surface area contributed by atoms with Gasteiger partial charge in [-0.05, 0) is 32.4 Å². The van der Waals surface area contributed by atoms with Crippen molar-refractivity contribution >= 4 is 23.8 Å². The van der Waals surface area contributed by atoms with Gasteiger partial charge in [-0.25, -0.2) is 4.79 Å². The van der Waals surface area contributed by atoms with Gasteiger partial charge in [-0.3, -0.25) is 19.7 Å². The summed E-state index contributed by atoms with van der Waals surface area (Å²) in [6, 6.07) is 4.84. The van der Waals surface area contributed by atoms with Gasteiger partial charge < -0.3 is 24.1 Å². The van der Waals surface area contributed by atoms with Crippen LogP contribution in [0.1, 0.15) is 27.2 Å². The van der Waals surface area contributed by atoms with E-state index in [2.05, 4.69) is 0 Å². The number of rotatable bonds is 11. The van der Waals surface area contributed by atoms with E-state index in [-0.39, 0.29) is 44.3 Å². The average molecular weight is 427 g/mol. The molecule has 11 nitrogen and oxygen atoms in total. The molecule has 0 saturated heterocycles. The first kappa shape index (κ1) is 24.8. The Balaban J connectivity index is 2.33. The van der Waals surface area contributed by atoms with Gasteiger partial charge in [0.15, 0.2) is 0 Å². The van der Waals surface area contributed by atoms with Gasteiger partial charge in [0, 0.05) is 12.1 Å². The molecule has 0 aliphatic carbocycles. The number of non-ortho nitro benzene ring substituents is 1. The Morgan fingerprint density at radius 1 is 1.07 bits per heavy atom. The molecule has 1 aromatic carbocycles. The van der Waals surface area contributed by atoms with Crippen LogP contribution in [0, 0.1) is 21.4 Å². The first-order valence-electron chi connectivity index (χ1n) is 9.10. The predicted molar refractivity (Wildman–Crippen MR) is 102 cm³/mol. The van der Waals surface area contributed by atoms with Crippen molar-refractivity contribution in [2.75, 3.05) is 26.4 Å². The molecule has 11 heteroatoms. The molecule has 0 aromatic heterocycles. The second-order valence-corrected chi connectivity index (χ2v) is 6.97. The fourth-order valence-electron chi connectivity index (χ4n) is 2.44. The fourth-order valence-corrected chi connectivity index (χ4v) is 2.44. The molecular formula is C19H25NO10. The molecule has 0 heterocycles. The highest BCUT2D eigenvalue weighted by Gasteiger charge is 2.33. The highest BCUT2D eigenvalue weighted by molar-refractivity contribution is 5.78. The first-order valence-corrected chi connectivity index (χ1v) is 9.10. The van der Waals surface area contributed by atoms with Gasteiger partial charge in [-0.1, -0.05) is 6.92 Å². The number of hydrogen-bond acceptors (Lipinski definition) is 10. The van der Waals surface area contributed by atoms with Crippen LogP contribution in [0.5, 0.6) is 5.75 Å². The largest absolute Gasteiger partial charge is 0.513 e. The van der Waals surface area contributed by atoms with Gasteiger partial charge in [0.2, 0.25) is 0 Å². The van der Waals surface area contributed by atoms with Crippen LogP contribution in [-0.2, 0) is 23.8 Å². The van der Waals surface area contributed by atoms with Crippen molar-refractivity contribution in [1.29, 1.82) is 0 Å². The van der Waals surface area contributed by atoms with Gasteiger partial charge in [0.05, 0.1) is 22.9 Å². The van der Waals surface area contributed by atoms with Gasteiger partial charge in [0.25, 0.3) is 5.69 Å². The minimum Gasteiger partial charge on any atom is -0.463 e. The number of ether oxygens (including phenoxy) is 4. The van der Waals surface area contributed by atoms with Crippen LogP contribution in [0.4, 0.5) is 10.5 Å². The zero-order chi connectivity index (χ0) is 22.7. The maximum Gasteiger partial charge on any atom is 0.513 e. The maximum atomic E-state index is 12.0. The number of carbonyl (C=O) groups is 3. The van der Waals surface area contributed by atoms with Crippen molar-refractivity contribution < 1.29 is 43.4 Å². The molecule has 0 amide bonds. The van der Waals surface area contributed by atoms with Gasteiger partial charge in [0.1, 0.15) is 25.6 Å². The Hall–Kier alpha value is -3.21. The summed E-state index contributed by atoms with van der Waals surface area (Å²) < 4.78 is 19.5. The standard InChI is InChI=1S/C19H25NO10/c1-13(12-19(2,3)17(23)28-9-8-21)16(22)27-10-11-29-18(24)30-15-6-4-14(5-7-15)20(25)26/h4-7,13,21H,8-12H2,1-3H3. The third-order valence-corrected chi connectivity index (χ3v) is 3.89. The van der Waals surface area contributed by atoms with E-state index in [1.54, 1.807) is 20.8 Å². The van der Waals surface area contributed by atoms with E-state index >= 15 is 0 Å². The average Bonchev–Trinajstić information content (AvgIpc) is 2.69. The number of nitrogens with zero attached hydrogens (tertiary/aromatic N) is 1. The van der Waals surface area contributed by atoms with Gasteiger partial charge >= 0.3 is 18.1 Å². The summed E-state index contributed by atoms with van der Waals surface area (Å²) in [6.45, 7) is 3.95. The zero-order valence-electron chi connectivity index (χ0n) is 17.0. The molecule has 0 fully saturated rings. The molecule has 0 saturated carbocycles. The SMILES string of the molecule is CC(CC(C)(C)C(=O)OCCO)C(=O)OCCOC(=O)Oc1ccc([N+](=O)[O-])cc1. The maximum absolute atomic E-state index is 12.0. The second-order valence-electron chi connectivity index (χ2n) is 6.97. The third-order valence-electron chi connectivity index (χ3n) is 3.89. The smallest absolute Gasteiger partial charge is 0.463 e. The molecule has 0 bridgehead atoms. The van der Waals surface area contributed by atoms with Crippen LogP contribution in [0.15, 0.2) is 24.3 Å². The Morgan fingerprint density at radius 3 is 2.23 bits per heavy atom. The van der Waals surface area contributed by atoms with Crippen LogP contribution in [0.2, 0.25) is 0 Å². The van der Waals surface area contributed by atoms with E-state index in [1.807, 2.05) is 0 Å². The van der Waals surface area contributed by atoms with E-state index in [0.29, 0.717) is 0 Å². The molecule has 1 atom stereocenters. The van der Waals surface area contributed by atoms with E-state index in [9.17, 15) is 24.5 Å². The van der Waals surface area contributed by atoms with E-state index < -0.39 is 34.4 Å². The number of carbonyl (C=O) groups excluding carboxylic acids is 3. The topological polar surface area (TPSA) is 152 Å². The molecule has 0 spiro atoms. The minimum atomic E-state index is -1.05. The Bertz CT molecular complexity index is 744. The summed E-state index contributed by atoms with van der Waals surface area (Å²) in [4.78, 5) is 45.5. The molecule has 30 heavy (non-hydrogen) atoms. The van der Waals surface area contributed by atoms with Crippen LogP contribution < -0.4 is 4.74 Å². The van der Waals surface area contributed by atoms with Crippen molar-refractivity contribution in [2.24, 2.45) is 11.3 Å². The first-order chi connectivity index (χ1) is 14.1. The molecular weight excluding hydrogens is 402 g/mol. The summed E-state index contributed by atoms with van der Waals surface area (Å²) >= 11 is 0. The van der Waals surface area contributed by atoms with Crippen molar-refractivity contribution in [3.8, 4) is 5.75 Å². The highest BCUT2D eigenvalue weighted by Crippen LogP contribution is 2.27. The number of nitro groups is 1. The van der Waals surface area contributed by atoms with Crippen LogP contribution in [0.3, 0.4) is 0 Å². The lowest BCUT2D eigenvalue weighted by Crippen LogP contribution is -2.32. The predicted octanol–water partition coefficient (Wildman–Crippen LogP) is 2.24. The van der Waals surface area contributed by atoms with Gasteiger partial charge in [-0.2, -0.15) is 0 Å². The lowest BCUT2D eigenvalue weighted by atomic mass is 9.83. The minimum absolute atomic E-state index is 0.0616. The summed E-state index contributed by atoms with van der Waals surface area (Å²) in [6.07, 6.45) is -0.889. The molecule has 1 aromatic rings. The molecule has 1 unspecified atom stereocenters. The Labute approximate surface area is 173 Å². The lowest BCUT2D eigenvalue weighted by molar-refractivity contribution is -0.384. The number of nitro benzene ring substituents is 1. The molecule has 166 valence electrons. The number of aliphatic hydroxyl groups is 1. The Kier molecular flexibility index (Phi) is 9.69. The van der Waals surface area contributed by atoms with Crippen molar-refractivity contribution in [3.05, 3.63) is 34.4 Å². The summed E-state index contributed by atoms with van der Waals surface area (Å²) in [5, 5.41) is 19.3. The molecule has 1 N–H and O–H groups in total. The van der Waals surface area contributed by atoms with Crippen LogP contribution in [-0.4, -0.2) is 54.6 Å². The van der Waals surface area contributed by atoms with E-state index in [0.717, 1.165) is 0 Å². The van der Waals surface area contributed by atoms with Crippen molar-refractivity contribution in [1.82, 2.24) is 0 Å². The molecule has 0 aliphatic rings. The number of esters is 2. The van der Waals surface area contributed by atoms with Crippen LogP contribution in [0.25, 0.3) is 0 Å². The number of benzene rings is 1. The fraction of sp³-hybridized carbons (Fsp3) is 0.526. The lowest BCUT2D eigenvalue weighted by Gasteiger charge is -2.25. The van der Waals surface area contributed by atoms with Crippen molar-refractivity contribution in [3.63, 3.8) is 0 Å². The number of aliphatic hydroxyl groups excluding tert-OH is 1. The monoisotopic (exact) mass is 427 g/mol. The summed E-state index contributed by atoms with van der Waals surface area (Å²) in [7, 11) is 0. The molecule has 1 rings (SSSR count). The zero-order valence-corrected chi connectivity index (χ0v) is 17.0.